The molecule has 4 nitrogen and oxygen atoms in total. The van der Waals surface area contributed by atoms with E-state index in [2.05, 4.69) is 10.4 Å². The predicted molar refractivity (Wildman–Crippen MR) is 86.1 cm³/mol. The van der Waals surface area contributed by atoms with Crippen molar-refractivity contribution in [3.8, 4) is 5.75 Å². The van der Waals surface area contributed by atoms with Crippen LogP contribution >= 0.6 is 12.2 Å². The molecule has 2 aromatic rings. The van der Waals surface area contributed by atoms with Gasteiger partial charge in [0.2, 0.25) is 0 Å². The van der Waals surface area contributed by atoms with Gasteiger partial charge in [-0.25, -0.2) is 5.01 Å². The first-order chi connectivity index (χ1) is 9.66. The Labute approximate surface area is 123 Å². The second kappa shape index (κ2) is 6.68. The lowest BCUT2D eigenvalue weighted by Gasteiger charge is -2.15. The molecule has 5 heteroatoms. The fourth-order valence-electron chi connectivity index (χ4n) is 1.52. The highest BCUT2D eigenvalue weighted by molar-refractivity contribution is 7.80. The van der Waals surface area contributed by atoms with E-state index in [1.165, 1.54) is 5.01 Å². The number of benzene rings is 2. The number of phenols is 1. The van der Waals surface area contributed by atoms with Crippen LogP contribution in [-0.2, 0) is 0 Å². The molecular weight excluding hydrogens is 270 g/mol. The van der Waals surface area contributed by atoms with Crippen LogP contribution in [0, 0.1) is 0 Å². The number of para-hydroxylation sites is 2. The summed E-state index contributed by atoms with van der Waals surface area (Å²) in [6.07, 6.45) is 1.56. The maximum absolute atomic E-state index is 9.64. The van der Waals surface area contributed by atoms with Crippen molar-refractivity contribution in [3.63, 3.8) is 0 Å². The normalized spacial score (nSPS) is 10.4. The van der Waals surface area contributed by atoms with Crippen molar-refractivity contribution in [3.05, 3.63) is 60.2 Å². The van der Waals surface area contributed by atoms with Gasteiger partial charge in [0, 0.05) is 18.3 Å². The number of rotatable bonds is 3. The van der Waals surface area contributed by atoms with E-state index in [0.29, 0.717) is 10.7 Å². The summed E-state index contributed by atoms with van der Waals surface area (Å²) in [5.41, 5.74) is 1.55. The molecule has 2 rings (SSSR count). The number of aromatic hydroxyl groups is 1. The van der Waals surface area contributed by atoms with Gasteiger partial charge in [-0.1, -0.05) is 30.3 Å². The van der Waals surface area contributed by atoms with Gasteiger partial charge >= 0.3 is 0 Å². The summed E-state index contributed by atoms with van der Waals surface area (Å²) < 4.78 is 0. The summed E-state index contributed by atoms with van der Waals surface area (Å²) in [5, 5.41) is 18.9. The molecule has 0 saturated heterocycles. The molecule has 20 heavy (non-hydrogen) atoms. The average molecular weight is 285 g/mol. The van der Waals surface area contributed by atoms with Crippen LogP contribution in [0.15, 0.2) is 59.7 Å². The van der Waals surface area contributed by atoms with Crippen LogP contribution in [0.25, 0.3) is 0 Å². The Morgan fingerprint density at radius 2 is 1.80 bits per heavy atom. The van der Waals surface area contributed by atoms with Crippen molar-refractivity contribution in [2.75, 3.05) is 12.4 Å². The van der Waals surface area contributed by atoms with E-state index < -0.39 is 0 Å². The highest BCUT2D eigenvalue weighted by atomic mass is 32.1. The minimum absolute atomic E-state index is 0.187. The average Bonchev–Trinajstić information content (AvgIpc) is 2.47. The SMILES string of the molecule is CN(/N=C\c1ccccc1O)C(=S)Nc1ccccc1. The van der Waals surface area contributed by atoms with Crippen LogP contribution in [-0.4, -0.2) is 28.5 Å². The van der Waals surface area contributed by atoms with Gasteiger partial charge in [0.25, 0.3) is 0 Å². The molecule has 0 atom stereocenters. The Balaban J connectivity index is 1.99. The minimum atomic E-state index is 0.187. The zero-order valence-electron chi connectivity index (χ0n) is 11.0. The molecule has 0 bridgehead atoms. The van der Waals surface area contributed by atoms with Crippen molar-refractivity contribution in [2.45, 2.75) is 0 Å². The third kappa shape index (κ3) is 3.80. The minimum Gasteiger partial charge on any atom is -0.507 e. The standard InChI is InChI=1S/C15H15N3OS/c1-18(15(20)17-13-8-3-2-4-9-13)16-11-12-7-5-6-10-14(12)19/h2-11,19H,1H3,(H,17,20)/b16-11-. The smallest absolute Gasteiger partial charge is 0.193 e. The van der Waals surface area contributed by atoms with Crippen LogP contribution in [0.4, 0.5) is 5.69 Å². The van der Waals surface area contributed by atoms with Gasteiger partial charge in [-0.15, -0.1) is 0 Å². The molecule has 2 aromatic carbocycles. The number of nitrogens with one attached hydrogen (secondary N) is 1. The van der Waals surface area contributed by atoms with Crippen molar-refractivity contribution in [1.29, 1.82) is 0 Å². The third-order valence-electron chi connectivity index (χ3n) is 2.63. The molecule has 0 aliphatic rings. The topological polar surface area (TPSA) is 47.9 Å². The van der Waals surface area contributed by atoms with Gasteiger partial charge in [0.05, 0.1) is 6.21 Å². The van der Waals surface area contributed by atoms with Crippen LogP contribution < -0.4 is 5.32 Å². The first-order valence-electron chi connectivity index (χ1n) is 6.08. The molecule has 2 N–H and O–H groups in total. The molecule has 0 heterocycles. The first kappa shape index (κ1) is 14.0. The lowest BCUT2D eigenvalue weighted by atomic mass is 10.2. The molecule has 0 saturated carbocycles. The summed E-state index contributed by atoms with van der Waals surface area (Å²) in [6, 6.07) is 16.6. The van der Waals surface area contributed by atoms with Crippen molar-refractivity contribution in [1.82, 2.24) is 5.01 Å². The van der Waals surface area contributed by atoms with Gasteiger partial charge in [-0.3, -0.25) is 0 Å². The summed E-state index contributed by atoms with van der Waals surface area (Å²) in [5.74, 6) is 0.187. The lowest BCUT2D eigenvalue weighted by Crippen LogP contribution is -2.26. The predicted octanol–water partition coefficient (Wildman–Crippen LogP) is 3.05. The van der Waals surface area contributed by atoms with Crippen LogP contribution in [0.3, 0.4) is 0 Å². The first-order valence-corrected chi connectivity index (χ1v) is 6.49. The van der Waals surface area contributed by atoms with Crippen molar-refractivity contribution >= 4 is 29.2 Å². The van der Waals surface area contributed by atoms with E-state index in [1.54, 1.807) is 31.5 Å². The monoisotopic (exact) mass is 285 g/mol. The summed E-state index contributed by atoms with van der Waals surface area (Å²) >= 11 is 5.25. The number of thiocarbonyl (C=S) groups is 1. The molecule has 0 unspecified atom stereocenters. The van der Waals surface area contributed by atoms with E-state index in [1.807, 2.05) is 36.4 Å². The Morgan fingerprint density at radius 3 is 2.50 bits per heavy atom. The lowest BCUT2D eigenvalue weighted by molar-refractivity contribution is 0.474. The van der Waals surface area contributed by atoms with Crippen molar-refractivity contribution in [2.24, 2.45) is 5.10 Å². The highest BCUT2D eigenvalue weighted by Gasteiger charge is 2.02. The van der Waals surface area contributed by atoms with Gasteiger partial charge in [0.1, 0.15) is 5.75 Å². The molecule has 0 amide bonds. The second-order valence-electron chi connectivity index (χ2n) is 4.12. The van der Waals surface area contributed by atoms with E-state index in [4.69, 9.17) is 12.2 Å². The zero-order chi connectivity index (χ0) is 14.4. The molecule has 102 valence electrons. The van der Waals surface area contributed by atoms with Crippen LogP contribution in [0.5, 0.6) is 5.75 Å². The van der Waals surface area contributed by atoms with Crippen LogP contribution in [0.2, 0.25) is 0 Å². The number of phenolic OH excluding ortho intramolecular Hbond substituents is 1. The van der Waals surface area contributed by atoms with Gasteiger partial charge < -0.3 is 10.4 Å². The molecule has 0 fully saturated rings. The molecule has 0 spiro atoms. The zero-order valence-corrected chi connectivity index (χ0v) is 11.8. The van der Waals surface area contributed by atoms with E-state index >= 15 is 0 Å². The Kier molecular flexibility index (Phi) is 4.68. The van der Waals surface area contributed by atoms with E-state index in [9.17, 15) is 5.11 Å². The summed E-state index contributed by atoms with van der Waals surface area (Å²) in [4.78, 5) is 0. The molecule has 0 aromatic heterocycles. The van der Waals surface area contributed by atoms with E-state index in [0.717, 1.165) is 5.69 Å². The number of nitrogens with zero attached hydrogens (tertiary/aromatic N) is 2. The number of hydrogen-bond donors (Lipinski definition) is 2. The molecular formula is C15H15N3OS. The third-order valence-corrected chi connectivity index (χ3v) is 2.99. The number of hydrazone groups is 1. The molecule has 0 aliphatic carbocycles. The van der Waals surface area contributed by atoms with Crippen LogP contribution in [0.1, 0.15) is 5.56 Å². The Morgan fingerprint density at radius 1 is 1.15 bits per heavy atom. The maximum atomic E-state index is 9.64. The largest absolute Gasteiger partial charge is 0.507 e. The quantitative estimate of drug-likeness (QED) is 0.517. The molecule has 0 aliphatic heterocycles. The summed E-state index contributed by atoms with van der Waals surface area (Å²) in [7, 11) is 1.74. The van der Waals surface area contributed by atoms with Gasteiger partial charge in [0.15, 0.2) is 5.11 Å². The van der Waals surface area contributed by atoms with Gasteiger partial charge in [-0.2, -0.15) is 5.10 Å². The fraction of sp³-hybridized carbons (Fsp3) is 0.0667. The molecule has 0 radical (unpaired) electrons. The Bertz CT molecular complexity index is 614. The number of hydrogen-bond acceptors (Lipinski definition) is 3. The Hall–Kier alpha value is -2.40. The van der Waals surface area contributed by atoms with Crippen molar-refractivity contribution < 1.29 is 5.11 Å². The number of anilines is 1. The maximum Gasteiger partial charge on any atom is 0.193 e. The second-order valence-corrected chi connectivity index (χ2v) is 4.51. The summed E-state index contributed by atoms with van der Waals surface area (Å²) in [6.45, 7) is 0. The fourth-order valence-corrected chi connectivity index (χ4v) is 1.69. The van der Waals surface area contributed by atoms with Gasteiger partial charge in [-0.05, 0) is 36.5 Å². The highest BCUT2D eigenvalue weighted by Crippen LogP contribution is 2.13. The van der Waals surface area contributed by atoms with E-state index in [-0.39, 0.29) is 5.75 Å².